The molecule has 2 bridgehead atoms. The van der Waals surface area contributed by atoms with Gasteiger partial charge in [-0.1, -0.05) is 0 Å². The Morgan fingerprint density at radius 3 is 3.04 bits per heavy atom. The molecule has 7 nitrogen and oxygen atoms in total. The minimum absolute atomic E-state index is 0.0271. The van der Waals surface area contributed by atoms with Gasteiger partial charge < -0.3 is 10.2 Å². The van der Waals surface area contributed by atoms with Crippen molar-refractivity contribution >= 4 is 23.0 Å². The predicted octanol–water partition coefficient (Wildman–Crippen LogP) is 3.20. The first kappa shape index (κ1) is 17.1. The van der Waals surface area contributed by atoms with E-state index < -0.39 is 0 Å². The maximum atomic E-state index is 14.1. The summed E-state index contributed by atoms with van der Waals surface area (Å²) >= 11 is 0. The first-order valence-corrected chi connectivity index (χ1v) is 9.66. The average Bonchev–Trinajstić information content (AvgIpc) is 3.32. The maximum absolute atomic E-state index is 14.1. The van der Waals surface area contributed by atoms with Crippen LogP contribution in [0.3, 0.4) is 0 Å². The third kappa shape index (κ3) is 2.80. The molecule has 0 radical (unpaired) electrons. The minimum Gasteiger partial charge on any atom is -0.349 e. The molecular weight excluding hydrogens is 359 g/mol. The first-order valence-electron chi connectivity index (χ1n) is 9.66. The van der Waals surface area contributed by atoms with Crippen molar-refractivity contribution in [3.8, 4) is 0 Å². The van der Waals surface area contributed by atoms with Crippen LogP contribution < -0.4 is 10.2 Å². The van der Waals surface area contributed by atoms with E-state index in [1.54, 1.807) is 6.07 Å². The van der Waals surface area contributed by atoms with Crippen LogP contribution >= 0.6 is 0 Å². The normalized spacial score (nSPS) is 22.2. The highest BCUT2D eigenvalue weighted by molar-refractivity contribution is 5.87. The first-order chi connectivity index (χ1) is 13.6. The summed E-state index contributed by atoms with van der Waals surface area (Å²) in [5.41, 5.74) is 3.02. The third-order valence-electron chi connectivity index (χ3n) is 5.66. The Hall–Kier alpha value is -3.03. The molecule has 2 aliphatic heterocycles. The highest BCUT2D eigenvalue weighted by Gasteiger charge is 2.30. The number of aromatic nitrogens is 4. The Morgan fingerprint density at radius 1 is 1.25 bits per heavy atom. The number of aryl methyl sites for hydroxylation is 1. The SMILES string of the molecule is C[C@@H]1CCc2ncc(F)cc2C2CCCN2c2ccc3ncn(c3n2)C(=O)N1. The van der Waals surface area contributed by atoms with E-state index in [0.717, 1.165) is 36.5 Å². The number of pyridine rings is 2. The molecule has 0 aliphatic carbocycles. The van der Waals surface area contributed by atoms with Gasteiger partial charge in [-0.2, -0.15) is 0 Å². The van der Waals surface area contributed by atoms with Gasteiger partial charge in [0, 0.05) is 18.3 Å². The number of anilines is 1. The molecule has 2 aliphatic rings. The van der Waals surface area contributed by atoms with Crippen LogP contribution in [0.5, 0.6) is 0 Å². The van der Waals surface area contributed by atoms with Gasteiger partial charge >= 0.3 is 6.03 Å². The van der Waals surface area contributed by atoms with E-state index in [2.05, 4.69) is 20.2 Å². The fraction of sp³-hybridized carbons (Fsp3) is 0.400. The largest absolute Gasteiger partial charge is 0.349 e. The number of hydrogen-bond acceptors (Lipinski definition) is 5. The standard InChI is InChI=1S/C20H21FN6O/c1-12-4-5-15-14(9-13(21)10-22-15)17-3-2-8-26(17)18-7-6-16-19(25-18)27(11-23-16)20(28)24-12/h6-7,9-12,17H,2-5,8H2,1H3,(H,24,28)/t12-,17?/m1/s1. The number of carbonyl (C=O) groups is 1. The summed E-state index contributed by atoms with van der Waals surface area (Å²) < 4.78 is 15.5. The van der Waals surface area contributed by atoms with E-state index in [1.165, 1.54) is 17.1 Å². The highest BCUT2D eigenvalue weighted by Crippen LogP contribution is 2.37. The second-order valence-corrected chi connectivity index (χ2v) is 7.56. The van der Waals surface area contributed by atoms with Crippen LogP contribution in [0.2, 0.25) is 0 Å². The van der Waals surface area contributed by atoms with Gasteiger partial charge in [-0.3, -0.25) is 4.98 Å². The molecule has 28 heavy (non-hydrogen) atoms. The summed E-state index contributed by atoms with van der Waals surface area (Å²) in [6.45, 7) is 2.79. The molecule has 0 spiro atoms. The van der Waals surface area contributed by atoms with Crippen LogP contribution in [0, 0.1) is 5.82 Å². The van der Waals surface area contributed by atoms with Crippen molar-refractivity contribution in [1.29, 1.82) is 0 Å². The predicted molar refractivity (Wildman–Crippen MR) is 103 cm³/mol. The lowest BCUT2D eigenvalue weighted by Gasteiger charge is -2.27. The summed E-state index contributed by atoms with van der Waals surface area (Å²) in [6, 6.07) is 5.13. The molecule has 0 aromatic carbocycles. The molecule has 2 atom stereocenters. The van der Waals surface area contributed by atoms with Crippen molar-refractivity contribution in [2.75, 3.05) is 11.4 Å². The average molecular weight is 380 g/mol. The number of hydrogen-bond donors (Lipinski definition) is 1. The van der Waals surface area contributed by atoms with Crippen molar-refractivity contribution in [3.63, 3.8) is 0 Å². The smallest absolute Gasteiger partial charge is 0.328 e. The van der Waals surface area contributed by atoms with Crippen LogP contribution in [0.1, 0.15) is 43.5 Å². The third-order valence-corrected chi connectivity index (χ3v) is 5.66. The van der Waals surface area contributed by atoms with E-state index in [9.17, 15) is 9.18 Å². The topological polar surface area (TPSA) is 75.9 Å². The van der Waals surface area contributed by atoms with Gasteiger partial charge in [0.15, 0.2) is 5.65 Å². The summed E-state index contributed by atoms with van der Waals surface area (Å²) in [7, 11) is 0. The van der Waals surface area contributed by atoms with Crippen molar-refractivity contribution in [1.82, 2.24) is 24.8 Å². The zero-order chi connectivity index (χ0) is 19.3. The zero-order valence-electron chi connectivity index (χ0n) is 15.6. The van der Waals surface area contributed by atoms with Crippen LogP contribution in [0.4, 0.5) is 15.0 Å². The van der Waals surface area contributed by atoms with Crippen LogP contribution in [-0.4, -0.2) is 38.1 Å². The van der Waals surface area contributed by atoms with Gasteiger partial charge in [0.25, 0.3) is 0 Å². The van der Waals surface area contributed by atoms with E-state index in [1.807, 2.05) is 19.1 Å². The molecular formula is C20H21FN6O. The fourth-order valence-corrected chi connectivity index (χ4v) is 4.24. The van der Waals surface area contributed by atoms with Gasteiger partial charge in [-0.25, -0.2) is 23.7 Å². The minimum atomic E-state index is -0.322. The Labute approximate surface area is 161 Å². The molecule has 1 amide bonds. The molecule has 5 rings (SSSR count). The molecule has 144 valence electrons. The van der Waals surface area contributed by atoms with E-state index in [4.69, 9.17) is 4.98 Å². The number of halogens is 1. The molecule has 0 saturated carbocycles. The monoisotopic (exact) mass is 380 g/mol. The molecule has 3 aromatic heterocycles. The van der Waals surface area contributed by atoms with Crippen molar-refractivity contribution < 1.29 is 9.18 Å². The summed E-state index contributed by atoms with van der Waals surface area (Å²) in [6.07, 6.45) is 6.09. The summed E-state index contributed by atoms with van der Waals surface area (Å²) in [5, 5.41) is 2.99. The Bertz CT molecular complexity index is 1060. The second kappa shape index (κ2) is 6.54. The molecule has 1 unspecified atom stereocenters. The van der Waals surface area contributed by atoms with E-state index in [0.29, 0.717) is 24.0 Å². The Balaban J connectivity index is 1.69. The maximum Gasteiger partial charge on any atom is 0.328 e. The van der Waals surface area contributed by atoms with Gasteiger partial charge in [0.1, 0.15) is 23.5 Å². The number of amides is 1. The molecule has 3 aromatic rings. The summed E-state index contributed by atoms with van der Waals surface area (Å²) in [4.78, 5) is 28.3. The van der Waals surface area contributed by atoms with Gasteiger partial charge in [0.05, 0.1) is 12.2 Å². The summed E-state index contributed by atoms with van der Waals surface area (Å²) in [5.74, 6) is 0.449. The van der Waals surface area contributed by atoms with Crippen molar-refractivity contribution in [3.05, 3.63) is 47.8 Å². The van der Waals surface area contributed by atoms with Crippen LogP contribution in [0.25, 0.3) is 11.2 Å². The molecule has 1 fully saturated rings. The Kier molecular flexibility index (Phi) is 3.99. The highest BCUT2D eigenvalue weighted by atomic mass is 19.1. The number of imidazole rings is 1. The van der Waals surface area contributed by atoms with Crippen LogP contribution in [0.15, 0.2) is 30.7 Å². The number of carbonyl (C=O) groups excluding carboxylic acids is 1. The van der Waals surface area contributed by atoms with Gasteiger partial charge in [-0.15, -0.1) is 0 Å². The lowest BCUT2D eigenvalue weighted by Crippen LogP contribution is -2.36. The molecule has 8 heteroatoms. The molecule has 5 heterocycles. The number of fused-ring (bicyclic) bond motifs is 5. The lowest BCUT2D eigenvalue weighted by molar-refractivity contribution is 0.239. The lowest BCUT2D eigenvalue weighted by atomic mass is 9.98. The van der Waals surface area contributed by atoms with Crippen molar-refractivity contribution in [2.24, 2.45) is 0 Å². The molecule has 1 saturated heterocycles. The zero-order valence-corrected chi connectivity index (χ0v) is 15.6. The second-order valence-electron chi connectivity index (χ2n) is 7.56. The van der Waals surface area contributed by atoms with Crippen LogP contribution in [-0.2, 0) is 6.42 Å². The quantitative estimate of drug-likeness (QED) is 0.648. The van der Waals surface area contributed by atoms with E-state index in [-0.39, 0.29) is 23.9 Å². The fourth-order valence-electron chi connectivity index (χ4n) is 4.24. The van der Waals surface area contributed by atoms with E-state index >= 15 is 0 Å². The van der Waals surface area contributed by atoms with Gasteiger partial charge in [-0.05, 0) is 56.4 Å². The van der Waals surface area contributed by atoms with Crippen molar-refractivity contribution in [2.45, 2.75) is 44.7 Å². The number of rotatable bonds is 0. The van der Waals surface area contributed by atoms with Gasteiger partial charge in [0.2, 0.25) is 0 Å². The number of nitrogens with zero attached hydrogens (tertiary/aromatic N) is 5. The molecule has 1 N–H and O–H groups in total. The Morgan fingerprint density at radius 2 is 2.14 bits per heavy atom. The number of nitrogens with one attached hydrogen (secondary N) is 1.